The molecule has 0 radical (unpaired) electrons. The van der Waals surface area contributed by atoms with Crippen LogP contribution in [-0.2, 0) is 19.1 Å². The largest absolute Gasteiger partial charge is 0.383 e. The predicted octanol–water partition coefficient (Wildman–Crippen LogP) is -0.650. The van der Waals surface area contributed by atoms with E-state index >= 15 is 0 Å². The number of carbonyl (C=O) groups excluding carboxylic acids is 2. The quantitative estimate of drug-likeness (QED) is 0.674. The van der Waals surface area contributed by atoms with Crippen molar-refractivity contribution in [1.29, 1.82) is 0 Å². The minimum absolute atomic E-state index is 0. The van der Waals surface area contributed by atoms with Crippen molar-refractivity contribution < 1.29 is 19.1 Å². The molecule has 2 amide bonds. The van der Waals surface area contributed by atoms with Crippen LogP contribution in [0.3, 0.4) is 0 Å². The van der Waals surface area contributed by atoms with Crippen LogP contribution in [-0.4, -0.2) is 88.3 Å². The molecule has 1 unspecified atom stereocenters. The van der Waals surface area contributed by atoms with Crippen LogP contribution in [0.5, 0.6) is 0 Å². The van der Waals surface area contributed by atoms with E-state index in [4.69, 9.17) is 9.47 Å². The molecule has 1 N–H and O–H groups in total. The molecule has 0 aromatic heterocycles. The highest BCUT2D eigenvalue weighted by Crippen LogP contribution is 2.05. The molecule has 8 heteroatoms. The number of nitrogens with zero attached hydrogens (tertiary/aromatic N) is 2. The summed E-state index contributed by atoms with van der Waals surface area (Å²) in [6.07, 6.45) is 0.174. The third kappa shape index (κ3) is 7.61. The van der Waals surface area contributed by atoms with Gasteiger partial charge < -0.3 is 24.6 Å². The second-order valence-corrected chi connectivity index (χ2v) is 5.00. The molecule has 1 saturated heterocycles. The van der Waals surface area contributed by atoms with Crippen molar-refractivity contribution in [1.82, 2.24) is 15.1 Å². The first-order valence-electron chi connectivity index (χ1n) is 6.83. The van der Waals surface area contributed by atoms with Crippen molar-refractivity contribution in [2.24, 2.45) is 0 Å². The van der Waals surface area contributed by atoms with Crippen molar-refractivity contribution in [2.75, 3.05) is 60.6 Å². The lowest BCUT2D eigenvalue weighted by molar-refractivity contribution is -0.141. The standard InChI is InChI=1S/C13H25N3O4.ClH/c1-15(2)13(18)10-16(5-7-19-3)12(17)8-11-9-14-4-6-20-11;/h11,14H,4-10H2,1-3H3;1H. The molecule has 0 bridgehead atoms. The van der Waals surface area contributed by atoms with Gasteiger partial charge >= 0.3 is 0 Å². The summed E-state index contributed by atoms with van der Waals surface area (Å²) in [5.74, 6) is -0.178. The molecule has 1 atom stereocenters. The number of nitrogens with one attached hydrogen (secondary N) is 1. The highest BCUT2D eigenvalue weighted by Gasteiger charge is 2.23. The highest BCUT2D eigenvalue weighted by molar-refractivity contribution is 5.85. The van der Waals surface area contributed by atoms with Gasteiger partial charge in [-0.1, -0.05) is 0 Å². The molecule has 1 aliphatic heterocycles. The lowest BCUT2D eigenvalue weighted by Crippen LogP contribution is -2.45. The van der Waals surface area contributed by atoms with E-state index in [1.165, 1.54) is 9.80 Å². The first kappa shape index (κ1) is 20.1. The van der Waals surface area contributed by atoms with E-state index in [0.717, 1.165) is 6.54 Å². The molecule has 0 aliphatic carbocycles. The van der Waals surface area contributed by atoms with Gasteiger partial charge in [-0.3, -0.25) is 9.59 Å². The molecular formula is C13H26ClN3O4. The van der Waals surface area contributed by atoms with Gasteiger partial charge in [0.15, 0.2) is 0 Å². The number of rotatable bonds is 7. The zero-order valence-electron chi connectivity index (χ0n) is 13.0. The van der Waals surface area contributed by atoms with E-state index < -0.39 is 0 Å². The summed E-state index contributed by atoms with van der Waals surface area (Å²) < 4.78 is 10.5. The Hall–Kier alpha value is -0.890. The fraction of sp³-hybridized carbons (Fsp3) is 0.846. The number of hydrogen-bond acceptors (Lipinski definition) is 5. The maximum atomic E-state index is 12.3. The van der Waals surface area contributed by atoms with Gasteiger partial charge in [-0.25, -0.2) is 0 Å². The average molecular weight is 324 g/mol. The van der Waals surface area contributed by atoms with Crippen molar-refractivity contribution in [2.45, 2.75) is 12.5 Å². The zero-order valence-corrected chi connectivity index (χ0v) is 13.8. The van der Waals surface area contributed by atoms with E-state index in [0.29, 0.717) is 26.3 Å². The molecule has 21 heavy (non-hydrogen) atoms. The molecule has 0 aromatic carbocycles. The van der Waals surface area contributed by atoms with Crippen LogP contribution in [0.25, 0.3) is 0 Å². The number of methoxy groups -OCH3 is 1. The van der Waals surface area contributed by atoms with E-state index in [1.54, 1.807) is 21.2 Å². The topological polar surface area (TPSA) is 71.1 Å². The van der Waals surface area contributed by atoms with Gasteiger partial charge in [0, 0.05) is 40.8 Å². The summed E-state index contributed by atoms with van der Waals surface area (Å²) in [5, 5.41) is 3.19. The molecule has 1 aliphatic rings. The molecular weight excluding hydrogens is 298 g/mol. The van der Waals surface area contributed by atoms with Gasteiger partial charge in [-0.05, 0) is 0 Å². The Morgan fingerprint density at radius 3 is 2.57 bits per heavy atom. The number of hydrogen-bond donors (Lipinski definition) is 1. The van der Waals surface area contributed by atoms with E-state index in [-0.39, 0.29) is 43.3 Å². The van der Waals surface area contributed by atoms with E-state index in [1.807, 2.05) is 0 Å². The molecule has 1 rings (SSSR count). The SMILES string of the molecule is COCCN(CC(=O)N(C)C)C(=O)CC1CNCCO1.Cl. The molecule has 7 nitrogen and oxygen atoms in total. The Labute approximate surface area is 132 Å². The lowest BCUT2D eigenvalue weighted by Gasteiger charge is -2.27. The van der Waals surface area contributed by atoms with Gasteiger partial charge in [-0.15, -0.1) is 12.4 Å². The molecule has 1 fully saturated rings. The first-order chi connectivity index (χ1) is 9.54. The van der Waals surface area contributed by atoms with Gasteiger partial charge in [0.25, 0.3) is 0 Å². The second kappa shape index (κ2) is 10.8. The Kier molecular flexibility index (Phi) is 10.3. The predicted molar refractivity (Wildman–Crippen MR) is 81.6 cm³/mol. The number of carbonyl (C=O) groups is 2. The van der Waals surface area contributed by atoms with Gasteiger partial charge in [0.2, 0.25) is 11.8 Å². The Morgan fingerprint density at radius 2 is 2.05 bits per heavy atom. The Balaban J connectivity index is 0.00000400. The van der Waals surface area contributed by atoms with Crippen LogP contribution in [0.4, 0.5) is 0 Å². The monoisotopic (exact) mass is 323 g/mol. The number of amides is 2. The van der Waals surface area contributed by atoms with E-state index in [9.17, 15) is 9.59 Å². The summed E-state index contributed by atoms with van der Waals surface area (Å²) in [7, 11) is 4.93. The average Bonchev–Trinajstić information content (AvgIpc) is 2.43. The van der Waals surface area contributed by atoms with Crippen molar-refractivity contribution in [3.63, 3.8) is 0 Å². The van der Waals surface area contributed by atoms with Crippen LogP contribution < -0.4 is 5.32 Å². The molecule has 124 valence electrons. The number of morpholine rings is 1. The third-order valence-corrected chi connectivity index (χ3v) is 3.15. The lowest BCUT2D eigenvalue weighted by atomic mass is 10.2. The van der Waals surface area contributed by atoms with Gasteiger partial charge in [0.1, 0.15) is 0 Å². The first-order valence-corrected chi connectivity index (χ1v) is 6.83. The molecule has 0 saturated carbocycles. The number of halogens is 1. The van der Waals surface area contributed by atoms with Gasteiger partial charge in [-0.2, -0.15) is 0 Å². The smallest absolute Gasteiger partial charge is 0.241 e. The summed E-state index contributed by atoms with van der Waals surface area (Å²) in [5.41, 5.74) is 0. The second-order valence-electron chi connectivity index (χ2n) is 5.00. The fourth-order valence-electron chi connectivity index (χ4n) is 1.87. The summed E-state index contributed by atoms with van der Waals surface area (Å²) in [6, 6.07) is 0. The van der Waals surface area contributed by atoms with Crippen LogP contribution in [0.15, 0.2) is 0 Å². The maximum absolute atomic E-state index is 12.3. The molecule has 1 heterocycles. The minimum atomic E-state index is -0.115. The number of ether oxygens (including phenoxy) is 2. The third-order valence-electron chi connectivity index (χ3n) is 3.15. The van der Waals surface area contributed by atoms with Crippen molar-refractivity contribution in [3.05, 3.63) is 0 Å². The van der Waals surface area contributed by atoms with Gasteiger partial charge in [0.05, 0.1) is 32.3 Å². The molecule has 0 aromatic rings. The zero-order chi connectivity index (χ0) is 15.0. The summed E-state index contributed by atoms with van der Waals surface area (Å²) >= 11 is 0. The molecule has 0 spiro atoms. The van der Waals surface area contributed by atoms with Crippen LogP contribution >= 0.6 is 12.4 Å². The van der Waals surface area contributed by atoms with Crippen LogP contribution in [0, 0.1) is 0 Å². The summed E-state index contributed by atoms with van der Waals surface area (Å²) in [4.78, 5) is 27.0. The van der Waals surface area contributed by atoms with Crippen LogP contribution in [0.1, 0.15) is 6.42 Å². The number of likely N-dealkylation sites (N-methyl/N-ethyl adjacent to an activating group) is 1. The summed E-state index contributed by atoms with van der Waals surface area (Å²) in [6.45, 7) is 3.01. The minimum Gasteiger partial charge on any atom is -0.383 e. The highest BCUT2D eigenvalue weighted by atomic mass is 35.5. The van der Waals surface area contributed by atoms with Crippen molar-refractivity contribution in [3.8, 4) is 0 Å². The Morgan fingerprint density at radius 1 is 1.33 bits per heavy atom. The Bertz CT molecular complexity index is 323. The fourth-order valence-corrected chi connectivity index (χ4v) is 1.87. The maximum Gasteiger partial charge on any atom is 0.241 e. The normalized spacial score (nSPS) is 17.8. The van der Waals surface area contributed by atoms with Crippen LogP contribution in [0.2, 0.25) is 0 Å². The van der Waals surface area contributed by atoms with Crippen molar-refractivity contribution >= 4 is 24.2 Å². The van der Waals surface area contributed by atoms with E-state index in [2.05, 4.69) is 5.32 Å².